The van der Waals surface area contributed by atoms with E-state index in [1.54, 1.807) is 38.5 Å². The van der Waals surface area contributed by atoms with Crippen LogP contribution in [0.15, 0.2) is 47.4 Å². The Bertz CT molecular complexity index is 1030. The molecular formula is C24H32N2O5S. The molecule has 1 aliphatic rings. The third-order valence-corrected chi connectivity index (χ3v) is 7.93. The van der Waals surface area contributed by atoms with Gasteiger partial charge in [0.05, 0.1) is 25.2 Å². The first-order valence-corrected chi connectivity index (χ1v) is 12.3. The molecule has 1 amide bonds. The Balaban J connectivity index is 1.63. The smallest absolute Gasteiger partial charge is 0.243 e. The van der Waals surface area contributed by atoms with Gasteiger partial charge in [0, 0.05) is 19.0 Å². The van der Waals surface area contributed by atoms with Crippen LogP contribution >= 0.6 is 0 Å². The maximum absolute atomic E-state index is 12.9. The Kier molecular flexibility index (Phi) is 7.79. The minimum Gasteiger partial charge on any atom is -0.493 e. The molecule has 1 N–H and O–H groups in total. The molecular weight excluding hydrogens is 428 g/mol. The van der Waals surface area contributed by atoms with E-state index < -0.39 is 10.0 Å². The molecule has 0 radical (unpaired) electrons. The predicted octanol–water partition coefficient (Wildman–Crippen LogP) is 3.68. The van der Waals surface area contributed by atoms with Crippen LogP contribution in [-0.4, -0.2) is 45.9 Å². The number of hydrogen-bond acceptors (Lipinski definition) is 5. The summed E-state index contributed by atoms with van der Waals surface area (Å²) in [7, 11) is -0.369. The number of ether oxygens (including phenoxy) is 2. The molecule has 2 aromatic carbocycles. The first-order chi connectivity index (χ1) is 15.3. The van der Waals surface area contributed by atoms with Gasteiger partial charge < -0.3 is 14.8 Å². The second-order valence-electron chi connectivity index (χ2n) is 8.08. The van der Waals surface area contributed by atoms with E-state index in [9.17, 15) is 13.2 Å². The molecule has 3 rings (SSSR count). The lowest BCUT2D eigenvalue weighted by Gasteiger charge is -2.31. The number of methoxy groups -OCH3 is 2. The average molecular weight is 461 g/mol. The summed E-state index contributed by atoms with van der Waals surface area (Å²) < 4.78 is 37.9. The van der Waals surface area contributed by atoms with Crippen molar-refractivity contribution in [2.24, 2.45) is 5.92 Å². The van der Waals surface area contributed by atoms with E-state index in [-0.39, 0.29) is 17.9 Å². The zero-order valence-electron chi connectivity index (χ0n) is 19.1. The number of piperidine rings is 1. The van der Waals surface area contributed by atoms with Gasteiger partial charge in [-0.2, -0.15) is 4.31 Å². The lowest BCUT2D eigenvalue weighted by molar-refractivity contribution is -0.126. The number of sulfonamides is 1. The van der Waals surface area contributed by atoms with Gasteiger partial charge in [-0.1, -0.05) is 30.7 Å². The molecule has 1 fully saturated rings. The first-order valence-electron chi connectivity index (χ1n) is 10.9. The van der Waals surface area contributed by atoms with Crippen LogP contribution in [0.4, 0.5) is 0 Å². The van der Waals surface area contributed by atoms with Crippen molar-refractivity contribution in [3.05, 3.63) is 53.6 Å². The molecule has 0 saturated carbocycles. The van der Waals surface area contributed by atoms with Crippen molar-refractivity contribution in [3.8, 4) is 11.5 Å². The van der Waals surface area contributed by atoms with Crippen LogP contribution in [0.25, 0.3) is 0 Å². The monoisotopic (exact) mass is 460 g/mol. The second-order valence-corrected chi connectivity index (χ2v) is 10.0. The highest BCUT2D eigenvalue weighted by Crippen LogP contribution is 2.31. The van der Waals surface area contributed by atoms with Crippen LogP contribution in [0.5, 0.6) is 11.5 Å². The molecule has 0 spiro atoms. The summed E-state index contributed by atoms with van der Waals surface area (Å²) in [6, 6.07) is 12.3. The molecule has 2 aromatic rings. The fourth-order valence-electron chi connectivity index (χ4n) is 4.00. The minimum absolute atomic E-state index is 0.0426. The number of amides is 1. The molecule has 7 nitrogen and oxygen atoms in total. The van der Waals surface area contributed by atoms with E-state index in [4.69, 9.17) is 9.47 Å². The van der Waals surface area contributed by atoms with Crippen LogP contribution in [0.2, 0.25) is 0 Å². The highest BCUT2D eigenvalue weighted by atomic mass is 32.2. The summed E-state index contributed by atoms with van der Waals surface area (Å²) in [4.78, 5) is 13.2. The van der Waals surface area contributed by atoms with Crippen molar-refractivity contribution in [1.82, 2.24) is 9.62 Å². The summed E-state index contributed by atoms with van der Waals surface area (Å²) in [5.41, 5.74) is 1.96. The van der Waals surface area contributed by atoms with Crippen LogP contribution in [0, 0.1) is 12.8 Å². The van der Waals surface area contributed by atoms with Gasteiger partial charge in [-0.05, 0) is 56.0 Å². The first kappa shape index (κ1) is 24.1. The van der Waals surface area contributed by atoms with Crippen molar-refractivity contribution < 1.29 is 22.7 Å². The second kappa shape index (κ2) is 10.4. The van der Waals surface area contributed by atoms with Crippen molar-refractivity contribution in [3.63, 3.8) is 0 Å². The number of carbonyl (C=O) groups is 1. The van der Waals surface area contributed by atoms with E-state index in [0.29, 0.717) is 42.3 Å². The van der Waals surface area contributed by atoms with Gasteiger partial charge >= 0.3 is 0 Å². The van der Waals surface area contributed by atoms with Gasteiger partial charge in [0.2, 0.25) is 15.9 Å². The largest absolute Gasteiger partial charge is 0.493 e. The molecule has 1 atom stereocenters. The summed E-state index contributed by atoms with van der Waals surface area (Å²) in [6.07, 6.45) is 1.72. The van der Waals surface area contributed by atoms with Crippen molar-refractivity contribution >= 4 is 15.9 Å². The van der Waals surface area contributed by atoms with E-state index in [1.807, 2.05) is 32.0 Å². The van der Waals surface area contributed by atoms with Gasteiger partial charge in [-0.25, -0.2) is 8.42 Å². The summed E-state index contributed by atoms with van der Waals surface area (Å²) in [5.74, 6) is 1.000. The highest BCUT2D eigenvalue weighted by molar-refractivity contribution is 7.89. The van der Waals surface area contributed by atoms with E-state index in [0.717, 1.165) is 17.5 Å². The number of carbonyl (C=O) groups excluding carboxylic acids is 1. The number of nitrogens with one attached hydrogen (secondary N) is 1. The number of rotatable bonds is 8. The Labute approximate surface area is 190 Å². The maximum Gasteiger partial charge on any atom is 0.243 e. The molecule has 8 heteroatoms. The van der Waals surface area contributed by atoms with Gasteiger partial charge in [0.15, 0.2) is 11.5 Å². The Morgan fingerprint density at radius 1 is 1.06 bits per heavy atom. The number of aryl methyl sites for hydroxylation is 1. The summed E-state index contributed by atoms with van der Waals surface area (Å²) in [5, 5.41) is 3.13. The molecule has 1 heterocycles. The Morgan fingerprint density at radius 2 is 1.69 bits per heavy atom. The Hall–Kier alpha value is -2.58. The standard InChI is InChI=1S/C24H32N2O5S/c1-5-21(19-8-11-22(30-3)23(16-19)31-4)25-24(27)18-12-14-26(15-13-18)32(28,29)20-9-6-17(2)7-10-20/h6-11,16,18,21H,5,12-15H2,1-4H3,(H,25,27)/t21-/m0/s1. The van der Waals surface area contributed by atoms with Gasteiger partial charge in [-0.15, -0.1) is 0 Å². The lowest BCUT2D eigenvalue weighted by Crippen LogP contribution is -2.43. The van der Waals surface area contributed by atoms with Crippen molar-refractivity contribution in [2.45, 2.75) is 44.0 Å². The van der Waals surface area contributed by atoms with E-state index in [1.165, 1.54) is 4.31 Å². The third-order valence-electron chi connectivity index (χ3n) is 6.02. The van der Waals surface area contributed by atoms with Gasteiger partial charge in [0.1, 0.15) is 0 Å². The molecule has 32 heavy (non-hydrogen) atoms. The van der Waals surface area contributed by atoms with E-state index >= 15 is 0 Å². The normalized spacial score (nSPS) is 16.4. The summed E-state index contributed by atoms with van der Waals surface area (Å²) >= 11 is 0. The molecule has 0 aromatic heterocycles. The zero-order chi connectivity index (χ0) is 23.3. The van der Waals surface area contributed by atoms with E-state index in [2.05, 4.69) is 5.32 Å². The van der Waals surface area contributed by atoms with Gasteiger partial charge in [-0.3, -0.25) is 4.79 Å². The van der Waals surface area contributed by atoms with Crippen molar-refractivity contribution in [1.29, 1.82) is 0 Å². The number of hydrogen-bond donors (Lipinski definition) is 1. The molecule has 0 bridgehead atoms. The molecule has 0 unspecified atom stereocenters. The molecule has 1 saturated heterocycles. The minimum atomic E-state index is -3.54. The highest BCUT2D eigenvalue weighted by Gasteiger charge is 2.32. The molecule has 174 valence electrons. The SMILES string of the molecule is CC[C@H](NC(=O)C1CCN(S(=O)(=O)c2ccc(C)cc2)CC1)c1ccc(OC)c(OC)c1. The van der Waals surface area contributed by atoms with Crippen LogP contribution in [0.1, 0.15) is 43.4 Å². The fourth-order valence-corrected chi connectivity index (χ4v) is 5.47. The molecule has 0 aliphatic carbocycles. The predicted molar refractivity (Wildman–Crippen MR) is 123 cm³/mol. The number of benzene rings is 2. The summed E-state index contributed by atoms with van der Waals surface area (Å²) in [6.45, 7) is 4.60. The fraction of sp³-hybridized carbons (Fsp3) is 0.458. The number of nitrogens with zero attached hydrogens (tertiary/aromatic N) is 1. The van der Waals surface area contributed by atoms with Gasteiger partial charge in [0.25, 0.3) is 0 Å². The van der Waals surface area contributed by atoms with Crippen LogP contribution in [0.3, 0.4) is 0 Å². The maximum atomic E-state index is 12.9. The lowest BCUT2D eigenvalue weighted by atomic mass is 9.95. The zero-order valence-corrected chi connectivity index (χ0v) is 19.9. The molecule has 1 aliphatic heterocycles. The quantitative estimate of drug-likeness (QED) is 0.650. The van der Waals surface area contributed by atoms with Crippen molar-refractivity contribution in [2.75, 3.05) is 27.3 Å². The topological polar surface area (TPSA) is 84.9 Å². The third kappa shape index (κ3) is 5.24. The Morgan fingerprint density at radius 3 is 2.25 bits per heavy atom. The average Bonchev–Trinajstić information content (AvgIpc) is 2.82. The van der Waals surface area contributed by atoms with Crippen LogP contribution < -0.4 is 14.8 Å². The van der Waals surface area contributed by atoms with Crippen LogP contribution in [-0.2, 0) is 14.8 Å².